The monoisotopic (exact) mass is 400 g/mol. The second kappa shape index (κ2) is 10.5. The van der Waals surface area contributed by atoms with Crippen molar-refractivity contribution in [2.45, 2.75) is 84.6 Å². The topological polar surface area (TPSA) is 119 Å². The standard InChI is InChI=1S/C18H31NO5.C2H5NO/c1-8-12-11-14(15(21)23-17(2,3)4)19(13(12)9-10-20)16(22)24-18(5,6)7;1-2(3)4/h8,12-14,20H,1,9-11H2,2-7H3;1H3,(H2,3,4)/t12-,13-,14-;/m1./s1. The van der Waals surface area contributed by atoms with Crippen LogP contribution >= 0.6 is 0 Å². The van der Waals surface area contributed by atoms with Crippen molar-refractivity contribution in [2.75, 3.05) is 6.61 Å². The maximum absolute atomic E-state index is 12.7. The van der Waals surface area contributed by atoms with E-state index in [2.05, 4.69) is 12.3 Å². The van der Waals surface area contributed by atoms with Gasteiger partial charge in [0.1, 0.15) is 17.2 Å². The Labute approximate surface area is 168 Å². The van der Waals surface area contributed by atoms with Gasteiger partial charge in [-0.1, -0.05) is 6.08 Å². The zero-order chi connectivity index (χ0) is 22.3. The van der Waals surface area contributed by atoms with E-state index in [-0.39, 0.29) is 24.5 Å². The van der Waals surface area contributed by atoms with Gasteiger partial charge < -0.3 is 20.3 Å². The summed E-state index contributed by atoms with van der Waals surface area (Å²) in [6.07, 6.45) is 1.93. The van der Waals surface area contributed by atoms with Crippen LogP contribution in [0.3, 0.4) is 0 Å². The number of esters is 1. The molecule has 0 aromatic rings. The lowest BCUT2D eigenvalue weighted by Crippen LogP contribution is -2.49. The molecule has 1 heterocycles. The number of aliphatic hydroxyl groups is 1. The minimum absolute atomic E-state index is 0.0880. The smallest absolute Gasteiger partial charge is 0.411 e. The van der Waals surface area contributed by atoms with Crippen molar-refractivity contribution < 1.29 is 29.0 Å². The molecule has 162 valence electrons. The number of nitrogens with zero attached hydrogens (tertiary/aromatic N) is 1. The number of carbonyl (C=O) groups is 3. The van der Waals surface area contributed by atoms with Crippen molar-refractivity contribution in [2.24, 2.45) is 11.7 Å². The molecule has 0 aliphatic carbocycles. The van der Waals surface area contributed by atoms with Crippen LogP contribution in [0.2, 0.25) is 0 Å². The van der Waals surface area contributed by atoms with Crippen molar-refractivity contribution in [1.82, 2.24) is 4.90 Å². The van der Waals surface area contributed by atoms with E-state index in [1.54, 1.807) is 47.6 Å². The highest BCUT2D eigenvalue weighted by molar-refractivity contribution is 5.83. The van der Waals surface area contributed by atoms with Crippen LogP contribution in [0.4, 0.5) is 4.79 Å². The highest BCUT2D eigenvalue weighted by atomic mass is 16.6. The predicted molar refractivity (Wildman–Crippen MR) is 106 cm³/mol. The molecule has 3 N–H and O–H groups in total. The van der Waals surface area contributed by atoms with Crippen LogP contribution < -0.4 is 5.73 Å². The van der Waals surface area contributed by atoms with Gasteiger partial charge in [0, 0.05) is 19.6 Å². The second-order valence-electron chi connectivity index (χ2n) is 8.76. The third kappa shape index (κ3) is 9.21. The zero-order valence-corrected chi connectivity index (χ0v) is 18.2. The Morgan fingerprint density at radius 2 is 1.61 bits per heavy atom. The molecule has 8 heteroatoms. The molecular weight excluding hydrogens is 364 g/mol. The highest BCUT2D eigenvalue weighted by Gasteiger charge is 2.48. The number of rotatable bonds is 4. The average molecular weight is 401 g/mol. The fraction of sp³-hybridized carbons (Fsp3) is 0.750. The molecule has 0 aromatic heterocycles. The Hall–Kier alpha value is -2.09. The zero-order valence-electron chi connectivity index (χ0n) is 18.2. The first-order chi connectivity index (χ1) is 12.6. The molecule has 1 aliphatic rings. The SMILES string of the molecule is C=C[C@@H]1C[C@H](C(=O)OC(C)(C)C)N(C(=O)OC(C)(C)C)[C@@H]1CCO.CC(N)=O. The van der Waals surface area contributed by atoms with Crippen molar-refractivity contribution >= 4 is 18.0 Å². The lowest BCUT2D eigenvalue weighted by molar-refractivity contribution is -0.160. The van der Waals surface area contributed by atoms with Crippen LogP contribution in [0.15, 0.2) is 12.7 Å². The summed E-state index contributed by atoms with van der Waals surface area (Å²) in [6.45, 7) is 15.7. The molecule has 1 saturated heterocycles. The average Bonchev–Trinajstić information content (AvgIpc) is 2.82. The summed E-state index contributed by atoms with van der Waals surface area (Å²) in [5.74, 6) is -0.886. The van der Waals surface area contributed by atoms with Crippen LogP contribution in [0.1, 0.15) is 61.3 Å². The minimum Gasteiger partial charge on any atom is -0.458 e. The third-order valence-electron chi connectivity index (χ3n) is 3.69. The molecule has 0 saturated carbocycles. The molecule has 0 aromatic carbocycles. The van der Waals surface area contributed by atoms with Crippen LogP contribution in [-0.2, 0) is 19.1 Å². The molecule has 1 fully saturated rings. The van der Waals surface area contributed by atoms with Gasteiger partial charge in [-0.3, -0.25) is 9.69 Å². The molecule has 28 heavy (non-hydrogen) atoms. The van der Waals surface area contributed by atoms with Gasteiger partial charge in [0.05, 0.1) is 0 Å². The molecular formula is C20H36N2O6. The van der Waals surface area contributed by atoms with E-state index in [9.17, 15) is 19.5 Å². The van der Waals surface area contributed by atoms with Gasteiger partial charge in [0.25, 0.3) is 0 Å². The quantitative estimate of drug-likeness (QED) is 0.552. The first kappa shape index (κ1) is 25.9. The molecule has 8 nitrogen and oxygen atoms in total. The van der Waals surface area contributed by atoms with E-state index in [4.69, 9.17) is 9.47 Å². The first-order valence-electron chi connectivity index (χ1n) is 9.36. The van der Waals surface area contributed by atoms with Gasteiger partial charge in [0.15, 0.2) is 0 Å². The Balaban J connectivity index is 0.00000165. The van der Waals surface area contributed by atoms with Crippen molar-refractivity contribution in [1.29, 1.82) is 0 Å². The van der Waals surface area contributed by atoms with Crippen LogP contribution in [0, 0.1) is 5.92 Å². The largest absolute Gasteiger partial charge is 0.458 e. The number of likely N-dealkylation sites (tertiary alicyclic amines) is 1. The molecule has 1 aliphatic heterocycles. The number of hydrogen-bond acceptors (Lipinski definition) is 6. The lowest BCUT2D eigenvalue weighted by Gasteiger charge is -2.33. The summed E-state index contributed by atoms with van der Waals surface area (Å²) in [7, 11) is 0. The number of aliphatic hydroxyl groups excluding tert-OH is 1. The number of ether oxygens (including phenoxy) is 2. The number of nitrogens with two attached hydrogens (primary N) is 1. The Morgan fingerprint density at radius 1 is 1.14 bits per heavy atom. The molecule has 0 radical (unpaired) electrons. The molecule has 1 rings (SSSR count). The number of hydrogen-bond donors (Lipinski definition) is 2. The summed E-state index contributed by atoms with van der Waals surface area (Å²) < 4.78 is 10.9. The molecule has 2 amide bonds. The maximum Gasteiger partial charge on any atom is 0.411 e. The summed E-state index contributed by atoms with van der Waals surface area (Å²) in [5, 5.41) is 9.35. The van der Waals surface area contributed by atoms with Gasteiger partial charge in [-0.2, -0.15) is 0 Å². The van der Waals surface area contributed by atoms with Crippen LogP contribution in [-0.4, -0.2) is 57.9 Å². The molecule has 0 unspecified atom stereocenters. The van der Waals surface area contributed by atoms with E-state index in [1.807, 2.05) is 0 Å². The molecule has 3 atom stereocenters. The van der Waals surface area contributed by atoms with Crippen molar-refractivity contribution in [3.05, 3.63) is 12.7 Å². The van der Waals surface area contributed by atoms with Crippen molar-refractivity contribution in [3.63, 3.8) is 0 Å². The first-order valence-corrected chi connectivity index (χ1v) is 9.36. The third-order valence-corrected chi connectivity index (χ3v) is 3.69. The summed E-state index contributed by atoms with van der Waals surface area (Å²) >= 11 is 0. The van der Waals surface area contributed by atoms with Crippen molar-refractivity contribution in [3.8, 4) is 0 Å². The minimum atomic E-state index is -0.737. The van der Waals surface area contributed by atoms with Gasteiger partial charge in [-0.15, -0.1) is 6.58 Å². The predicted octanol–water partition coefficient (Wildman–Crippen LogP) is 2.38. The van der Waals surface area contributed by atoms with Gasteiger partial charge >= 0.3 is 12.1 Å². The van der Waals surface area contributed by atoms with E-state index >= 15 is 0 Å². The van der Waals surface area contributed by atoms with Gasteiger partial charge in [0.2, 0.25) is 5.91 Å². The van der Waals surface area contributed by atoms with Crippen LogP contribution in [0.25, 0.3) is 0 Å². The maximum atomic E-state index is 12.7. The van der Waals surface area contributed by atoms with Gasteiger partial charge in [-0.25, -0.2) is 9.59 Å². The summed E-state index contributed by atoms with van der Waals surface area (Å²) in [5.41, 5.74) is 3.15. The van der Waals surface area contributed by atoms with E-state index < -0.39 is 29.3 Å². The summed E-state index contributed by atoms with van der Waals surface area (Å²) in [6, 6.07) is -1.07. The Morgan fingerprint density at radius 3 is 1.96 bits per heavy atom. The van der Waals surface area contributed by atoms with E-state index in [1.165, 1.54) is 11.8 Å². The van der Waals surface area contributed by atoms with E-state index in [0.717, 1.165) is 0 Å². The normalized spacial score (nSPS) is 22.0. The number of carbonyl (C=O) groups excluding carboxylic acids is 3. The van der Waals surface area contributed by atoms with Gasteiger partial charge in [-0.05, 0) is 60.3 Å². The number of primary amides is 1. The second-order valence-corrected chi connectivity index (χ2v) is 8.76. The fourth-order valence-electron chi connectivity index (χ4n) is 2.86. The Kier molecular flexibility index (Phi) is 9.67. The Bertz CT molecular complexity index is 558. The van der Waals surface area contributed by atoms with E-state index in [0.29, 0.717) is 12.8 Å². The highest BCUT2D eigenvalue weighted by Crippen LogP contribution is 2.35. The lowest BCUT2D eigenvalue weighted by atomic mass is 9.97. The number of amides is 2. The van der Waals surface area contributed by atoms with Crippen LogP contribution in [0.5, 0.6) is 0 Å². The fourth-order valence-corrected chi connectivity index (χ4v) is 2.86. The molecule has 0 spiro atoms. The summed E-state index contributed by atoms with van der Waals surface area (Å²) in [4.78, 5) is 35.9. The molecule has 0 bridgehead atoms.